The molecule has 0 spiro atoms. The molecule has 0 saturated carbocycles. The van der Waals surface area contributed by atoms with Gasteiger partial charge in [-0.15, -0.1) is 0 Å². The fourth-order valence-electron chi connectivity index (χ4n) is 3.27. The summed E-state index contributed by atoms with van der Waals surface area (Å²) in [7, 11) is -3.77. The SMILES string of the molecule is CCCCCCCCCC(C)(C)c1ccc(CBr)c(P(=O)(O)OCC)c1. The minimum atomic E-state index is -3.77. The van der Waals surface area contributed by atoms with E-state index in [-0.39, 0.29) is 12.0 Å². The van der Waals surface area contributed by atoms with Crippen LogP contribution in [0.1, 0.15) is 90.2 Å². The number of halogens is 1. The van der Waals surface area contributed by atoms with Gasteiger partial charge in [0.15, 0.2) is 0 Å². The van der Waals surface area contributed by atoms with Crippen molar-refractivity contribution in [3.8, 4) is 0 Å². The van der Waals surface area contributed by atoms with Crippen LogP contribution in [0.4, 0.5) is 0 Å². The van der Waals surface area contributed by atoms with E-state index >= 15 is 0 Å². The molecular weight excluding hydrogens is 411 g/mol. The molecule has 0 aliphatic rings. The molecule has 1 aromatic rings. The van der Waals surface area contributed by atoms with Crippen LogP contribution in [0.25, 0.3) is 0 Å². The van der Waals surface area contributed by atoms with Crippen molar-refractivity contribution in [3.05, 3.63) is 29.3 Å². The Balaban J connectivity index is 2.78. The molecule has 0 fully saturated rings. The normalized spacial score (nSPS) is 14.4. The van der Waals surface area contributed by atoms with E-state index in [0.717, 1.165) is 17.5 Å². The predicted octanol–water partition coefficient (Wildman–Crippen LogP) is 6.85. The van der Waals surface area contributed by atoms with Gasteiger partial charge in [0, 0.05) is 5.33 Å². The van der Waals surface area contributed by atoms with Crippen molar-refractivity contribution in [2.24, 2.45) is 0 Å². The molecule has 0 heterocycles. The molecule has 150 valence electrons. The summed E-state index contributed by atoms with van der Waals surface area (Å²) in [5.74, 6) is 0. The summed E-state index contributed by atoms with van der Waals surface area (Å²) in [5.41, 5.74) is 1.91. The summed E-state index contributed by atoms with van der Waals surface area (Å²) in [6, 6.07) is 5.93. The van der Waals surface area contributed by atoms with E-state index in [1.165, 1.54) is 44.9 Å². The van der Waals surface area contributed by atoms with Crippen molar-refractivity contribution < 1.29 is 14.0 Å². The molecule has 1 aromatic carbocycles. The average Bonchev–Trinajstić information content (AvgIpc) is 2.60. The van der Waals surface area contributed by atoms with Crippen LogP contribution >= 0.6 is 23.5 Å². The Kier molecular flexibility index (Phi) is 10.7. The number of hydrogen-bond donors (Lipinski definition) is 1. The first-order valence-corrected chi connectivity index (χ1v) is 12.7. The van der Waals surface area contributed by atoms with Crippen LogP contribution in [0.3, 0.4) is 0 Å². The van der Waals surface area contributed by atoms with Gasteiger partial charge < -0.3 is 9.42 Å². The standard InChI is InChI=1S/C21H36BrO3P/c1-5-7-8-9-10-11-12-15-21(3,4)19-14-13-18(17-22)20(16-19)26(23,24)25-6-2/h13-14,16H,5-12,15,17H2,1-4H3,(H,23,24). The number of rotatable bonds is 13. The van der Waals surface area contributed by atoms with E-state index in [2.05, 4.69) is 42.8 Å². The van der Waals surface area contributed by atoms with Gasteiger partial charge in [-0.25, -0.2) is 0 Å². The third kappa shape index (κ3) is 7.46. The topological polar surface area (TPSA) is 46.5 Å². The van der Waals surface area contributed by atoms with Crippen LogP contribution in [-0.2, 0) is 19.8 Å². The molecule has 0 bridgehead atoms. The minimum absolute atomic E-state index is 0.0186. The Morgan fingerprint density at radius 2 is 1.69 bits per heavy atom. The monoisotopic (exact) mass is 446 g/mol. The van der Waals surface area contributed by atoms with E-state index in [9.17, 15) is 9.46 Å². The molecule has 0 amide bonds. The van der Waals surface area contributed by atoms with Crippen molar-refractivity contribution in [1.82, 2.24) is 0 Å². The molecule has 0 aliphatic carbocycles. The molecule has 1 N–H and O–H groups in total. The van der Waals surface area contributed by atoms with Crippen LogP contribution in [0.15, 0.2) is 18.2 Å². The van der Waals surface area contributed by atoms with Gasteiger partial charge in [0.05, 0.1) is 11.9 Å². The zero-order valence-corrected chi connectivity index (χ0v) is 19.4. The lowest BCUT2D eigenvalue weighted by molar-refractivity contribution is 0.284. The Hall–Kier alpha value is -0.150. The number of hydrogen-bond acceptors (Lipinski definition) is 2. The van der Waals surface area contributed by atoms with Gasteiger partial charge in [0.2, 0.25) is 0 Å². The highest BCUT2D eigenvalue weighted by Gasteiger charge is 2.28. The zero-order valence-electron chi connectivity index (χ0n) is 16.9. The third-order valence-electron chi connectivity index (χ3n) is 5.02. The van der Waals surface area contributed by atoms with Crippen LogP contribution in [0, 0.1) is 0 Å². The maximum absolute atomic E-state index is 12.6. The highest BCUT2D eigenvalue weighted by atomic mass is 79.9. The summed E-state index contributed by atoms with van der Waals surface area (Å²) in [5, 5.41) is 0.972. The number of unbranched alkanes of at least 4 members (excludes halogenated alkanes) is 6. The lowest BCUT2D eigenvalue weighted by Crippen LogP contribution is -2.21. The van der Waals surface area contributed by atoms with Crippen LogP contribution in [0.2, 0.25) is 0 Å². The first-order valence-electron chi connectivity index (χ1n) is 9.95. The smallest absolute Gasteiger partial charge is 0.321 e. The molecule has 3 nitrogen and oxygen atoms in total. The maximum atomic E-state index is 12.6. The van der Waals surface area contributed by atoms with Crippen LogP contribution in [-0.4, -0.2) is 11.5 Å². The molecule has 1 atom stereocenters. The molecule has 5 heteroatoms. The lowest BCUT2D eigenvalue weighted by atomic mass is 9.79. The largest absolute Gasteiger partial charge is 0.359 e. The van der Waals surface area contributed by atoms with Crippen molar-refractivity contribution in [1.29, 1.82) is 0 Å². The van der Waals surface area contributed by atoms with Gasteiger partial charge in [0.1, 0.15) is 0 Å². The molecule has 0 aliphatic heterocycles. The molecule has 1 rings (SSSR count). The van der Waals surface area contributed by atoms with Crippen molar-refractivity contribution in [3.63, 3.8) is 0 Å². The van der Waals surface area contributed by atoms with Crippen LogP contribution in [0.5, 0.6) is 0 Å². The maximum Gasteiger partial charge on any atom is 0.359 e. The molecule has 26 heavy (non-hydrogen) atoms. The highest BCUT2D eigenvalue weighted by Crippen LogP contribution is 2.43. The third-order valence-corrected chi connectivity index (χ3v) is 7.26. The minimum Gasteiger partial charge on any atom is -0.321 e. The molecular formula is C21H36BrO3P. The second-order valence-electron chi connectivity index (χ2n) is 7.67. The molecule has 0 radical (unpaired) electrons. The van der Waals surface area contributed by atoms with Crippen molar-refractivity contribution >= 4 is 28.8 Å². The number of benzene rings is 1. The molecule has 0 aromatic heterocycles. The van der Waals surface area contributed by atoms with E-state index in [1.54, 1.807) is 6.92 Å². The first-order chi connectivity index (χ1) is 12.3. The van der Waals surface area contributed by atoms with Gasteiger partial charge in [-0.1, -0.05) is 93.8 Å². The Labute approximate surface area is 168 Å². The van der Waals surface area contributed by atoms with Crippen molar-refractivity contribution in [2.75, 3.05) is 6.61 Å². The fraction of sp³-hybridized carbons (Fsp3) is 0.714. The van der Waals surface area contributed by atoms with Gasteiger partial charge in [-0.2, -0.15) is 0 Å². The summed E-state index contributed by atoms with van der Waals surface area (Å²) in [6.07, 6.45) is 10.2. The van der Waals surface area contributed by atoms with E-state index < -0.39 is 7.60 Å². The van der Waals surface area contributed by atoms with Crippen LogP contribution < -0.4 is 5.30 Å². The van der Waals surface area contributed by atoms with E-state index in [4.69, 9.17) is 4.52 Å². The van der Waals surface area contributed by atoms with E-state index in [0.29, 0.717) is 10.6 Å². The molecule has 0 saturated heterocycles. The second kappa shape index (κ2) is 11.6. The lowest BCUT2D eigenvalue weighted by Gasteiger charge is -2.27. The molecule has 1 unspecified atom stereocenters. The summed E-state index contributed by atoms with van der Waals surface area (Å²) >= 11 is 3.42. The predicted molar refractivity (Wildman–Crippen MR) is 116 cm³/mol. The van der Waals surface area contributed by atoms with Gasteiger partial charge in [-0.3, -0.25) is 4.57 Å². The summed E-state index contributed by atoms with van der Waals surface area (Å²) in [4.78, 5) is 10.3. The summed E-state index contributed by atoms with van der Waals surface area (Å²) in [6.45, 7) is 8.65. The van der Waals surface area contributed by atoms with Gasteiger partial charge >= 0.3 is 7.60 Å². The zero-order chi connectivity index (χ0) is 19.6. The second-order valence-corrected chi connectivity index (χ2v) is 10.0. The number of alkyl halides is 1. The Bertz CT molecular complexity index is 587. The van der Waals surface area contributed by atoms with Crippen molar-refractivity contribution in [2.45, 2.75) is 89.8 Å². The Morgan fingerprint density at radius 1 is 1.08 bits per heavy atom. The summed E-state index contributed by atoms with van der Waals surface area (Å²) < 4.78 is 17.7. The quantitative estimate of drug-likeness (QED) is 0.204. The first kappa shape index (κ1) is 23.9. The van der Waals surface area contributed by atoms with E-state index in [1.807, 2.05) is 12.1 Å². The van der Waals surface area contributed by atoms with Gasteiger partial charge in [0.25, 0.3) is 0 Å². The average molecular weight is 447 g/mol. The highest BCUT2D eigenvalue weighted by molar-refractivity contribution is 9.08. The van der Waals surface area contributed by atoms with Gasteiger partial charge in [-0.05, 0) is 36.0 Å². The Morgan fingerprint density at radius 3 is 2.27 bits per heavy atom. The fourth-order valence-corrected chi connectivity index (χ4v) is 5.29.